The highest BCUT2D eigenvalue weighted by Gasteiger charge is 2.30. The zero-order valence-electron chi connectivity index (χ0n) is 17.2. The number of sulfone groups is 1. The first kappa shape index (κ1) is 27.8. The van der Waals surface area contributed by atoms with Gasteiger partial charge in [-0.3, -0.25) is 0 Å². The molecule has 11 heteroatoms. The number of benzene rings is 1. The number of halogens is 4. The fourth-order valence-corrected chi connectivity index (χ4v) is 2.35. The number of aryl methyl sites for hydroxylation is 1. The molecule has 168 valence electrons. The molecule has 0 aliphatic rings. The van der Waals surface area contributed by atoms with Crippen LogP contribution in [0.5, 0.6) is 5.75 Å². The Morgan fingerprint density at radius 3 is 2.34 bits per heavy atom. The lowest BCUT2D eigenvalue weighted by Gasteiger charge is -2.24. The van der Waals surface area contributed by atoms with E-state index >= 15 is 0 Å². The molecule has 1 rings (SSSR count). The van der Waals surface area contributed by atoms with Crippen LogP contribution in [0, 0.1) is 6.92 Å². The topological polar surface area (TPSA) is 79.8 Å². The Labute approximate surface area is 187 Å². The second-order valence-corrected chi connectivity index (χ2v) is 9.75. The third-order valence-electron chi connectivity index (χ3n) is 4.05. The van der Waals surface area contributed by atoms with Crippen LogP contribution in [0.3, 0.4) is 0 Å². The molecule has 0 atom stereocenters. The number of hydrogen-bond donors (Lipinski definition) is 2. The molecule has 1 aromatic carbocycles. The molecule has 0 aromatic heterocycles. The lowest BCUT2D eigenvalue weighted by atomic mass is 10.1. The predicted molar refractivity (Wildman–Crippen MR) is 120 cm³/mol. The summed E-state index contributed by atoms with van der Waals surface area (Å²) in [5.74, 6) is 0.481. The van der Waals surface area contributed by atoms with E-state index in [0.29, 0.717) is 18.1 Å². The Morgan fingerprint density at radius 2 is 1.83 bits per heavy atom. The SMILES string of the molecule is CCNC(=NCc1ccc(C)cc1OCC(F)(F)F)NCC(C)(C)S(C)(=O)=O.I. The molecule has 1 aromatic rings. The van der Waals surface area contributed by atoms with E-state index in [9.17, 15) is 21.6 Å². The van der Waals surface area contributed by atoms with Crippen molar-refractivity contribution >= 4 is 39.8 Å². The summed E-state index contributed by atoms with van der Waals surface area (Å²) in [5.41, 5.74) is 1.26. The van der Waals surface area contributed by atoms with E-state index in [4.69, 9.17) is 4.74 Å². The Bertz CT molecular complexity index is 797. The highest BCUT2D eigenvalue weighted by Crippen LogP contribution is 2.24. The van der Waals surface area contributed by atoms with Crippen molar-refractivity contribution in [2.45, 2.75) is 45.2 Å². The van der Waals surface area contributed by atoms with Gasteiger partial charge in [-0.15, -0.1) is 24.0 Å². The summed E-state index contributed by atoms with van der Waals surface area (Å²) in [7, 11) is -3.28. The maximum Gasteiger partial charge on any atom is 0.422 e. The van der Waals surface area contributed by atoms with Gasteiger partial charge in [-0.25, -0.2) is 13.4 Å². The summed E-state index contributed by atoms with van der Waals surface area (Å²) in [6.45, 7) is 6.16. The number of hydrogen-bond acceptors (Lipinski definition) is 4. The van der Waals surface area contributed by atoms with E-state index in [-0.39, 0.29) is 42.8 Å². The van der Waals surface area contributed by atoms with Crippen LogP contribution in [-0.4, -0.2) is 51.3 Å². The van der Waals surface area contributed by atoms with E-state index in [1.807, 2.05) is 6.92 Å². The smallest absolute Gasteiger partial charge is 0.422 e. The highest BCUT2D eigenvalue weighted by molar-refractivity contribution is 14.0. The van der Waals surface area contributed by atoms with Crippen molar-refractivity contribution in [3.8, 4) is 5.75 Å². The van der Waals surface area contributed by atoms with Crippen molar-refractivity contribution in [2.75, 3.05) is 26.0 Å². The van der Waals surface area contributed by atoms with Crippen LogP contribution in [0.15, 0.2) is 23.2 Å². The molecular weight excluding hydrogens is 522 g/mol. The number of nitrogens with zero attached hydrogens (tertiary/aromatic N) is 1. The molecular formula is C18H29F3IN3O3S. The zero-order chi connectivity index (χ0) is 21.6. The number of guanidine groups is 1. The van der Waals surface area contributed by atoms with Crippen molar-refractivity contribution in [3.63, 3.8) is 0 Å². The van der Waals surface area contributed by atoms with Crippen LogP contribution < -0.4 is 15.4 Å². The van der Waals surface area contributed by atoms with Crippen molar-refractivity contribution in [3.05, 3.63) is 29.3 Å². The van der Waals surface area contributed by atoms with Crippen LogP contribution in [0.4, 0.5) is 13.2 Å². The molecule has 0 bridgehead atoms. The van der Waals surface area contributed by atoms with E-state index in [1.165, 1.54) is 6.07 Å². The fourth-order valence-electron chi connectivity index (χ4n) is 2.02. The molecule has 2 N–H and O–H groups in total. The largest absolute Gasteiger partial charge is 0.484 e. The Morgan fingerprint density at radius 1 is 1.21 bits per heavy atom. The van der Waals surface area contributed by atoms with E-state index in [1.54, 1.807) is 32.9 Å². The lowest BCUT2D eigenvalue weighted by Crippen LogP contribution is -2.47. The average molecular weight is 551 g/mol. The van der Waals surface area contributed by atoms with Gasteiger partial charge in [0, 0.05) is 24.9 Å². The average Bonchev–Trinajstić information content (AvgIpc) is 2.55. The monoisotopic (exact) mass is 551 g/mol. The highest BCUT2D eigenvalue weighted by atomic mass is 127. The number of aliphatic imine (C=N–C) groups is 1. The van der Waals surface area contributed by atoms with Gasteiger partial charge in [-0.05, 0) is 39.3 Å². The van der Waals surface area contributed by atoms with Crippen molar-refractivity contribution in [2.24, 2.45) is 4.99 Å². The number of nitrogens with one attached hydrogen (secondary N) is 2. The van der Waals surface area contributed by atoms with Gasteiger partial charge in [-0.1, -0.05) is 12.1 Å². The Balaban J connectivity index is 0.00000784. The van der Waals surface area contributed by atoms with Crippen LogP contribution in [0.25, 0.3) is 0 Å². The van der Waals surface area contributed by atoms with Crippen molar-refractivity contribution in [1.82, 2.24) is 10.6 Å². The second-order valence-electron chi connectivity index (χ2n) is 7.10. The minimum atomic E-state index is -4.43. The quantitative estimate of drug-likeness (QED) is 0.294. The van der Waals surface area contributed by atoms with Crippen LogP contribution >= 0.6 is 24.0 Å². The summed E-state index contributed by atoms with van der Waals surface area (Å²) in [5, 5.41) is 5.95. The van der Waals surface area contributed by atoms with Gasteiger partial charge in [0.05, 0.1) is 11.3 Å². The van der Waals surface area contributed by atoms with Crippen molar-refractivity contribution < 1.29 is 26.3 Å². The summed E-state index contributed by atoms with van der Waals surface area (Å²) in [4.78, 5) is 4.34. The zero-order valence-corrected chi connectivity index (χ0v) is 20.3. The van der Waals surface area contributed by atoms with Gasteiger partial charge in [0.25, 0.3) is 0 Å². The summed E-state index contributed by atoms with van der Waals surface area (Å²) in [6, 6.07) is 4.96. The van der Waals surface area contributed by atoms with Gasteiger partial charge in [-0.2, -0.15) is 13.2 Å². The first-order valence-corrected chi connectivity index (χ1v) is 10.6. The van der Waals surface area contributed by atoms with Gasteiger partial charge in [0.15, 0.2) is 22.4 Å². The molecule has 0 radical (unpaired) electrons. The first-order chi connectivity index (χ1) is 12.7. The molecule has 0 spiro atoms. The Kier molecular flexibility index (Phi) is 10.8. The predicted octanol–water partition coefficient (Wildman–Crippen LogP) is 3.43. The second kappa shape index (κ2) is 11.2. The van der Waals surface area contributed by atoms with Gasteiger partial charge in [0.2, 0.25) is 0 Å². The number of rotatable bonds is 8. The summed E-state index contributed by atoms with van der Waals surface area (Å²) in [6.07, 6.45) is -3.27. The van der Waals surface area contributed by atoms with Crippen LogP contribution in [0.1, 0.15) is 31.9 Å². The van der Waals surface area contributed by atoms with Crippen LogP contribution in [0.2, 0.25) is 0 Å². The van der Waals surface area contributed by atoms with E-state index in [2.05, 4.69) is 15.6 Å². The lowest BCUT2D eigenvalue weighted by molar-refractivity contribution is -0.153. The normalized spacial score (nSPS) is 12.9. The first-order valence-electron chi connectivity index (χ1n) is 8.76. The standard InChI is InChI=1S/C18H28F3N3O3S.HI/c1-6-22-16(24-11-17(3,4)28(5,25)26)23-10-14-8-7-13(2)9-15(14)27-12-18(19,20)21;/h7-9H,6,10-12H2,1-5H3,(H2,22,23,24);1H. The van der Waals surface area contributed by atoms with Crippen molar-refractivity contribution in [1.29, 1.82) is 0 Å². The maximum absolute atomic E-state index is 12.5. The third kappa shape index (κ3) is 9.87. The van der Waals surface area contributed by atoms with E-state index < -0.39 is 27.4 Å². The molecule has 0 fully saturated rings. The molecule has 0 amide bonds. The molecule has 0 aliphatic heterocycles. The van der Waals surface area contributed by atoms with E-state index in [0.717, 1.165) is 11.8 Å². The molecule has 0 saturated heterocycles. The van der Waals surface area contributed by atoms with Gasteiger partial charge < -0.3 is 15.4 Å². The number of alkyl halides is 3. The van der Waals surface area contributed by atoms with Gasteiger partial charge >= 0.3 is 6.18 Å². The third-order valence-corrected chi connectivity index (χ3v) is 6.20. The number of ether oxygens (including phenoxy) is 1. The van der Waals surface area contributed by atoms with Crippen LogP contribution in [-0.2, 0) is 16.4 Å². The molecule has 0 heterocycles. The molecule has 29 heavy (non-hydrogen) atoms. The summed E-state index contributed by atoms with van der Waals surface area (Å²) < 4.78 is 65.0. The molecule has 0 unspecified atom stereocenters. The Hall–Kier alpha value is -1.24. The maximum atomic E-state index is 12.5. The van der Waals surface area contributed by atoms with Gasteiger partial charge in [0.1, 0.15) is 5.75 Å². The fraction of sp³-hybridized carbons (Fsp3) is 0.611. The molecule has 0 aliphatic carbocycles. The summed E-state index contributed by atoms with van der Waals surface area (Å²) >= 11 is 0. The minimum absolute atomic E-state index is 0. The molecule has 6 nitrogen and oxygen atoms in total. The minimum Gasteiger partial charge on any atom is -0.484 e. The molecule has 0 saturated carbocycles.